The topological polar surface area (TPSA) is 101 Å². The number of rotatable bonds is 4. The van der Waals surface area contributed by atoms with Crippen LogP contribution in [0.25, 0.3) is 22.4 Å². The van der Waals surface area contributed by atoms with E-state index in [0.29, 0.717) is 34.8 Å². The minimum Gasteiger partial charge on any atom is -0.504 e. The Hall–Kier alpha value is -3.09. The van der Waals surface area contributed by atoms with Gasteiger partial charge in [-0.25, -0.2) is 4.98 Å². The summed E-state index contributed by atoms with van der Waals surface area (Å²) >= 11 is 0. The summed E-state index contributed by atoms with van der Waals surface area (Å²) < 4.78 is 5.34. The number of nitro groups is 1. The number of aromatic nitrogens is 2. The van der Waals surface area contributed by atoms with Crippen LogP contribution in [0.4, 0.5) is 5.69 Å². The highest BCUT2D eigenvalue weighted by Crippen LogP contribution is 2.36. The Morgan fingerprint density at radius 3 is 2.91 bits per heavy atom. The van der Waals surface area contributed by atoms with E-state index in [1.54, 1.807) is 24.3 Å². The summed E-state index contributed by atoms with van der Waals surface area (Å²) in [6, 6.07) is 9.48. The maximum atomic E-state index is 10.8. The molecule has 0 aliphatic carbocycles. The van der Waals surface area contributed by atoms with Gasteiger partial charge in [-0.2, -0.15) is 0 Å². The van der Waals surface area contributed by atoms with Crippen molar-refractivity contribution in [2.75, 3.05) is 6.61 Å². The number of phenolic OH excluding ortho intramolecular Hbond substituents is 1. The Bertz CT molecular complexity index is 857. The number of benzene rings is 2. The first-order valence-corrected chi connectivity index (χ1v) is 6.69. The van der Waals surface area contributed by atoms with Crippen molar-refractivity contribution in [2.45, 2.75) is 6.92 Å². The zero-order valence-corrected chi connectivity index (χ0v) is 11.7. The third-order valence-electron chi connectivity index (χ3n) is 3.23. The van der Waals surface area contributed by atoms with Crippen molar-refractivity contribution >= 4 is 16.7 Å². The van der Waals surface area contributed by atoms with Gasteiger partial charge in [0.15, 0.2) is 11.5 Å². The molecule has 0 bridgehead atoms. The lowest BCUT2D eigenvalue weighted by molar-refractivity contribution is -0.384. The molecule has 0 amide bonds. The number of aromatic hydroxyl groups is 1. The number of hydrogen-bond donors (Lipinski definition) is 2. The van der Waals surface area contributed by atoms with E-state index in [-0.39, 0.29) is 11.4 Å². The fourth-order valence-electron chi connectivity index (χ4n) is 2.22. The summed E-state index contributed by atoms with van der Waals surface area (Å²) in [4.78, 5) is 17.7. The molecule has 7 nitrogen and oxygen atoms in total. The molecule has 1 heterocycles. The third-order valence-corrected chi connectivity index (χ3v) is 3.23. The first kappa shape index (κ1) is 13.9. The van der Waals surface area contributed by atoms with Gasteiger partial charge in [0.25, 0.3) is 5.69 Å². The molecular formula is C15H13N3O4. The third kappa shape index (κ3) is 2.32. The van der Waals surface area contributed by atoms with Crippen LogP contribution in [0.2, 0.25) is 0 Å². The number of fused-ring (bicyclic) bond motifs is 1. The fraction of sp³-hybridized carbons (Fsp3) is 0.133. The Balaban J connectivity index is 2.10. The number of ether oxygens (including phenoxy) is 1. The SMILES string of the molecule is CCOc1cccc(-c2nc3ccc([N+](=O)[O-])cc3[nH]2)c1O. The molecule has 3 rings (SSSR count). The normalized spacial score (nSPS) is 10.8. The van der Waals surface area contributed by atoms with Crippen LogP contribution in [0.1, 0.15) is 6.92 Å². The number of non-ortho nitro benzene ring substituents is 1. The number of nitrogens with zero attached hydrogens (tertiary/aromatic N) is 2. The van der Waals surface area contributed by atoms with Crippen molar-refractivity contribution in [3.63, 3.8) is 0 Å². The van der Waals surface area contributed by atoms with E-state index in [1.165, 1.54) is 12.1 Å². The summed E-state index contributed by atoms with van der Waals surface area (Å²) in [6.07, 6.45) is 0. The average molecular weight is 299 g/mol. The van der Waals surface area contributed by atoms with Crippen LogP contribution in [-0.4, -0.2) is 26.6 Å². The van der Waals surface area contributed by atoms with E-state index in [2.05, 4.69) is 9.97 Å². The predicted octanol–water partition coefficient (Wildman–Crippen LogP) is 3.24. The number of aromatic amines is 1. The number of H-pyrrole nitrogens is 1. The zero-order chi connectivity index (χ0) is 15.7. The Kier molecular flexibility index (Phi) is 3.38. The van der Waals surface area contributed by atoms with Gasteiger partial charge in [-0.05, 0) is 25.1 Å². The number of nitrogens with one attached hydrogen (secondary N) is 1. The smallest absolute Gasteiger partial charge is 0.271 e. The standard InChI is InChI=1S/C15H13N3O4/c1-2-22-13-5-3-4-10(14(13)19)15-16-11-7-6-9(18(20)21)8-12(11)17-15/h3-8,19H,2H2,1H3,(H,16,17). The van der Waals surface area contributed by atoms with Gasteiger partial charge in [-0.1, -0.05) is 6.07 Å². The molecule has 0 fully saturated rings. The zero-order valence-electron chi connectivity index (χ0n) is 11.7. The lowest BCUT2D eigenvalue weighted by Gasteiger charge is -2.08. The summed E-state index contributed by atoms with van der Waals surface area (Å²) in [5, 5.41) is 21.1. The van der Waals surface area contributed by atoms with Gasteiger partial charge in [0.05, 0.1) is 28.1 Å². The van der Waals surface area contributed by atoms with Crippen molar-refractivity contribution in [2.24, 2.45) is 0 Å². The van der Waals surface area contributed by atoms with Crippen molar-refractivity contribution in [3.8, 4) is 22.9 Å². The highest BCUT2D eigenvalue weighted by Gasteiger charge is 2.15. The van der Waals surface area contributed by atoms with Gasteiger partial charge in [-0.3, -0.25) is 10.1 Å². The van der Waals surface area contributed by atoms with Gasteiger partial charge in [-0.15, -0.1) is 0 Å². The van der Waals surface area contributed by atoms with Crippen LogP contribution in [-0.2, 0) is 0 Å². The highest BCUT2D eigenvalue weighted by atomic mass is 16.6. The van der Waals surface area contributed by atoms with E-state index in [9.17, 15) is 15.2 Å². The lowest BCUT2D eigenvalue weighted by Crippen LogP contribution is -1.93. The van der Waals surface area contributed by atoms with E-state index in [4.69, 9.17) is 4.74 Å². The molecule has 0 spiro atoms. The molecule has 7 heteroatoms. The molecule has 22 heavy (non-hydrogen) atoms. The highest BCUT2D eigenvalue weighted by molar-refractivity contribution is 5.83. The van der Waals surface area contributed by atoms with E-state index < -0.39 is 4.92 Å². The number of nitro benzene ring substituents is 1. The quantitative estimate of drug-likeness (QED) is 0.569. The molecule has 0 saturated carbocycles. The van der Waals surface area contributed by atoms with Crippen molar-refractivity contribution in [3.05, 3.63) is 46.5 Å². The second-order valence-electron chi connectivity index (χ2n) is 4.63. The summed E-state index contributed by atoms with van der Waals surface area (Å²) in [5.74, 6) is 0.777. The minimum atomic E-state index is -0.465. The summed E-state index contributed by atoms with van der Waals surface area (Å²) in [6.45, 7) is 2.26. The fourth-order valence-corrected chi connectivity index (χ4v) is 2.22. The maximum absolute atomic E-state index is 10.8. The second-order valence-corrected chi connectivity index (χ2v) is 4.63. The van der Waals surface area contributed by atoms with Crippen LogP contribution < -0.4 is 4.74 Å². The van der Waals surface area contributed by atoms with E-state index >= 15 is 0 Å². The maximum Gasteiger partial charge on any atom is 0.271 e. The molecule has 0 saturated heterocycles. The molecule has 0 radical (unpaired) electrons. The van der Waals surface area contributed by atoms with Crippen molar-refractivity contribution in [1.29, 1.82) is 0 Å². The molecule has 2 N–H and O–H groups in total. The average Bonchev–Trinajstić information content (AvgIpc) is 2.92. The van der Waals surface area contributed by atoms with E-state index in [1.807, 2.05) is 6.92 Å². The van der Waals surface area contributed by atoms with Gasteiger partial charge < -0.3 is 14.8 Å². The molecule has 0 aliphatic rings. The number of imidazole rings is 1. The lowest BCUT2D eigenvalue weighted by atomic mass is 10.2. The molecule has 0 aliphatic heterocycles. The van der Waals surface area contributed by atoms with Crippen LogP contribution >= 0.6 is 0 Å². The number of phenols is 1. The van der Waals surface area contributed by atoms with Crippen LogP contribution in [0.3, 0.4) is 0 Å². The molecule has 1 aromatic heterocycles. The predicted molar refractivity (Wildman–Crippen MR) is 81.0 cm³/mol. The molecule has 0 unspecified atom stereocenters. The van der Waals surface area contributed by atoms with Crippen molar-refractivity contribution < 1.29 is 14.8 Å². The largest absolute Gasteiger partial charge is 0.504 e. The Morgan fingerprint density at radius 2 is 2.18 bits per heavy atom. The van der Waals surface area contributed by atoms with Crippen LogP contribution in [0.15, 0.2) is 36.4 Å². The first-order chi connectivity index (χ1) is 10.6. The van der Waals surface area contributed by atoms with Crippen molar-refractivity contribution in [1.82, 2.24) is 9.97 Å². The summed E-state index contributed by atoms with van der Waals surface area (Å²) in [7, 11) is 0. The number of hydrogen-bond acceptors (Lipinski definition) is 5. The second kappa shape index (κ2) is 5.36. The Labute approximate surface area is 125 Å². The molecule has 0 atom stereocenters. The monoisotopic (exact) mass is 299 g/mol. The van der Waals surface area contributed by atoms with Gasteiger partial charge >= 0.3 is 0 Å². The minimum absolute atomic E-state index is 0.0158. The number of para-hydroxylation sites is 1. The molecule has 3 aromatic rings. The van der Waals surface area contributed by atoms with Gasteiger partial charge in [0.2, 0.25) is 0 Å². The van der Waals surface area contributed by atoms with E-state index in [0.717, 1.165) is 0 Å². The molecule has 2 aromatic carbocycles. The van der Waals surface area contributed by atoms with Gasteiger partial charge in [0, 0.05) is 12.1 Å². The first-order valence-electron chi connectivity index (χ1n) is 6.69. The van der Waals surface area contributed by atoms with Gasteiger partial charge in [0.1, 0.15) is 5.82 Å². The van der Waals surface area contributed by atoms with Crippen LogP contribution in [0, 0.1) is 10.1 Å². The summed E-state index contributed by atoms with van der Waals surface area (Å²) in [5.41, 5.74) is 1.58. The Morgan fingerprint density at radius 1 is 1.36 bits per heavy atom. The van der Waals surface area contributed by atoms with Crippen LogP contribution in [0.5, 0.6) is 11.5 Å². The molecular weight excluding hydrogens is 286 g/mol. The molecule has 112 valence electrons.